The molecule has 1 aromatic heterocycles. The zero-order chi connectivity index (χ0) is 16.6. The molecule has 0 aliphatic heterocycles. The third-order valence-electron chi connectivity index (χ3n) is 3.64. The van der Waals surface area contributed by atoms with Crippen molar-refractivity contribution < 1.29 is 18.9 Å². The largest absolute Gasteiger partial charge is 0.710 e. The highest BCUT2D eigenvalue weighted by atomic mass is 16.5. The van der Waals surface area contributed by atoms with Crippen LogP contribution in [0, 0.1) is 10.4 Å². The summed E-state index contributed by atoms with van der Waals surface area (Å²) in [7, 11) is 3.01. The van der Waals surface area contributed by atoms with Crippen LogP contribution in [0.15, 0.2) is 42.5 Å². The predicted octanol–water partition coefficient (Wildman–Crippen LogP) is 1.37. The van der Waals surface area contributed by atoms with E-state index in [0.29, 0.717) is 26.5 Å². The third-order valence-corrected chi connectivity index (χ3v) is 3.64. The molecule has 3 rings (SSSR count). The van der Waals surface area contributed by atoms with E-state index in [2.05, 4.69) is 0 Å². The van der Waals surface area contributed by atoms with Crippen molar-refractivity contribution in [1.29, 1.82) is 0 Å². The summed E-state index contributed by atoms with van der Waals surface area (Å²) in [5.41, 5.74) is 6.88. The van der Waals surface area contributed by atoms with Gasteiger partial charge in [0, 0.05) is 6.07 Å². The summed E-state index contributed by atoms with van der Waals surface area (Å²) in [6.07, 6.45) is 0. The second-order valence-corrected chi connectivity index (χ2v) is 4.88. The number of ether oxygens (including phenoxy) is 2. The van der Waals surface area contributed by atoms with Crippen LogP contribution in [0.4, 0.5) is 5.82 Å². The average Bonchev–Trinajstić information content (AvgIpc) is 2.59. The van der Waals surface area contributed by atoms with Crippen molar-refractivity contribution in [2.45, 2.75) is 0 Å². The Morgan fingerprint density at radius 3 is 2.09 bits per heavy atom. The molecule has 0 atom stereocenters. The van der Waals surface area contributed by atoms with Gasteiger partial charge in [-0.2, -0.15) is 4.73 Å². The Balaban J connectivity index is 2.32. The van der Waals surface area contributed by atoms with Gasteiger partial charge >= 0.3 is 11.5 Å². The van der Waals surface area contributed by atoms with E-state index in [1.807, 2.05) is 0 Å². The zero-order valence-corrected chi connectivity index (χ0v) is 12.6. The summed E-state index contributed by atoms with van der Waals surface area (Å²) < 4.78 is 11.6. The van der Waals surface area contributed by atoms with Crippen molar-refractivity contribution in [2.75, 3.05) is 20.0 Å². The molecular weight excluding hydrogens is 298 g/mol. The average molecular weight is 313 g/mol. The van der Waals surface area contributed by atoms with Gasteiger partial charge in [0.25, 0.3) is 5.52 Å². The zero-order valence-electron chi connectivity index (χ0n) is 12.6. The Morgan fingerprint density at radius 1 is 0.870 bits per heavy atom. The number of hydrogen-bond acceptors (Lipinski definition) is 5. The first-order valence-corrected chi connectivity index (χ1v) is 6.84. The normalized spacial score (nSPS) is 10.7. The first-order valence-electron chi connectivity index (χ1n) is 6.84. The smallest absolute Gasteiger partial charge is 0.351 e. The van der Waals surface area contributed by atoms with Crippen molar-refractivity contribution in [3.8, 4) is 22.8 Å². The van der Waals surface area contributed by atoms with E-state index in [1.165, 1.54) is 14.2 Å². The van der Waals surface area contributed by atoms with Crippen molar-refractivity contribution in [1.82, 2.24) is 0 Å². The number of fused-ring (bicyclic) bond motifs is 1. The number of benzene rings is 2. The van der Waals surface area contributed by atoms with E-state index in [-0.39, 0.29) is 22.5 Å². The highest BCUT2D eigenvalue weighted by Crippen LogP contribution is 2.32. The van der Waals surface area contributed by atoms with Crippen LogP contribution in [0.3, 0.4) is 0 Å². The van der Waals surface area contributed by atoms with Gasteiger partial charge in [-0.25, -0.2) is 4.73 Å². The van der Waals surface area contributed by atoms with Crippen LogP contribution in [-0.2, 0) is 0 Å². The molecule has 0 fully saturated rings. The molecule has 0 amide bonds. The third kappa shape index (κ3) is 2.22. The summed E-state index contributed by atoms with van der Waals surface area (Å²) >= 11 is 0. The van der Waals surface area contributed by atoms with Crippen molar-refractivity contribution >= 4 is 16.9 Å². The summed E-state index contributed by atoms with van der Waals surface area (Å²) in [6.45, 7) is 0. The van der Waals surface area contributed by atoms with E-state index in [0.717, 1.165) is 0 Å². The Morgan fingerprint density at radius 2 is 1.48 bits per heavy atom. The summed E-state index contributed by atoms with van der Waals surface area (Å²) in [5.74, 6) is 0.781. The molecule has 0 bridgehead atoms. The highest BCUT2D eigenvalue weighted by molar-refractivity contribution is 5.74. The van der Waals surface area contributed by atoms with Gasteiger partial charge in [0.15, 0.2) is 11.5 Å². The van der Waals surface area contributed by atoms with Crippen molar-refractivity contribution in [2.24, 2.45) is 0 Å². The second-order valence-electron chi connectivity index (χ2n) is 4.88. The first-order chi connectivity index (χ1) is 11.1. The maximum absolute atomic E-state index is 12.7. The number of aromatic nitrogens is 2. The molecular formula is C16H15N3O4. The Kier molecular flexibility index (Phi) is 3.53. The molecule has 0 saturated heterocycles. The minimum absolute atomic E-state index is 0.0691. The standard InChI is InChI=1S/C16H15N3O4/c1-22-13-8-7-10(9-14(13)23-2)15-16(17)19(21)12-6-4-3-5-11(12)18(15)20/h3-9H,17H2,1-2H3. The number of nitrogens with two attached hydrogens (primary N) is 1. The fraction of sp³-hybridized carbons (Fsp3) is 0.125. The summed E-state index contributed by atoms with van der Waals surface area (Å²) in [5, 5.41) is 25.0. The van der Waals surface area contributed by atoms with E-state index < -0.39 is 0 Å². The number of nitrogen functional groups attached to an aromatic ring is 1. The number of methoxy groups -OCH3 is 2. The molecule has 0 spiro atoms. The van der Waals surface area contributed by atoms with Crippen LogP contribution in [0.25, 0.3) is 22.3 Å². The Hall–Kier alpha value is -3.22. The number of hydrogen-bond donors (Lipinski definition) is 1. The molecule has 118 valence electrons. The van der Waals surface area contributed by atoms with E-state index in [4.69, 9.17) is 15.2 Å². The molecule has 2 N–H and O–H groups in total. The van der Waals surface area contributed by atoms with Gasteiger partial charge in [0.1, 0.15) is 0 Å². The molecule has 3 aromatic rings. The van der Waals surface area contributed by atoms with Gasteiger partial charge in [0.2, 0.25) is 5.52 Å². The summed E-state index contributed by atoms with van der Waals surface area (Å²) in [6, 6.07) is 11.4. The van der Waals surface area contributed by atoms with Crippen LogP contribution < -0.4 is 24.7 Å². The topological polar surface area (TPSA) is 98.4 Å². The molecule has 23 heavy (non-hydrogen) atoms. The molecule has 0 radical (unpaired) electrons. The number of anilines is 1. The maximum Gasteiger partial charge on any atom is 0.351 e. The molecule has 0 unspecified atom stereocenters. The minimum atomic E-state index is -0.175. The van der Waals surface area contributed by atoms with Gasteiger partial charge in [-0.1, -0.05) is 12.1 Å². The Bertz CT molecular complexity index is 896. The quantitative estimate of drug-likeness (QED) is 0.581. The second kappa shape index (κ2) is 5.53. The van der Waals surface area contributed by atoms with Crippen LogP contribution in [0.1, 0.15) is 0 Å². The minimum Gasteiger partial charge on any atom is -0.710 e. The lowest BCUT2D eigenvalue weighted by atomic mass is 10.1. The number of nitrogens with zero attached hydrogens (tertiary/aromatic N) is 2. The van der Waals surface area contributed by atoms with Crippen molar-refractivity contribution in [3.05, 3.63) is 52.9 Å². The number of para-hydroxylation sites is 2. The van der Waals surface area contributed by atoms with E-state index >= 15 is 0 Å². The van der Waals surface area contributed by atoms with Crippen LogP contribution >= 0.6 is 0 Å². The van der Waals surface area contributed by atoms with E-state index in [1.54, 1.807) is 42.5 Å². The highest BCUT2D eigenvalue weighted by Gasteiger charge is 2.26. The SMILES string of the molecule is COc1ccc(-c2c(N)[n+]([O-])c3ccccc3[n+]2[O-])cc1OC. The lowest BCUT2D eigenvalue weighted by Gasteiger charge is -2.14. The molecule has 0 aliphatic rings. The predicted molar refractivity (Wildman–Crippen MR) is 84.8 cm³/mol. The van der Waals surface area contributed by atoms with E-state index in [9.17, 15) is 10.4 Å². The molecule has 0 aliphatic carbocycles. The molecule has 2 aromatic carbocycles. The van der Waals surface area contributed by atoms with Gasteiger partial charge in [0.05, 0.1) is 19.8 Å². The van der Waals surface area contributed by atoms with Crippen LogP contribution in [0.2, 0.25) is 0 Å². The molecule has 0 saturated carbocycles. The van der Waals surface area contributed by atoms with Crippen LogP contribution in [0.5, 0.6) is 11.5 Å². The first kappa shape index (κ1) is 14.7. The molecule has 7 heteroatoms. The monoisotopic (exact) mass is 313 g/mol. The Labute approximate surface area is 132 Å². The maximum atomic E-state index is 12.7. The van der Waals surface area contributed by atoms with Crippen molar-refractivity contribution in [3.63, 3.8) is 0 Å². The van der Waals surface area contributed by atoms with Gasteiger partial charge in [-0.15, -0.1) is 0 Å². The fourth-order valence-corrected chi connectivity index (χ4v) is 2.51. The summed E-state index contributed by atoms with van der Waals surface area (Å²) in [4.78, 5) is 0. The van der Waals surface area contributed by atoms with Crippen LogP contribution in [-0.4, -0.2) is 14.2 Å². The van der Waals surface area contributed by atoms with Gasteiger partial charge < -0.3 is 19.9 Å². The number of rotatable bonds is 3. The molecule has 1 heterocycles. The van der Waals surface area contributed by atoms with Gasteiger partial charge in [-0.3, -0.25) is 5.73 Å². The fourth-order valence-electron chi connectivity index (χ4n) is 2.51. The molecule has 7 nitrogen and oxygen atoms in total. The lowest BCUT2D eigenvalue weighted by molar-refractivity contribution is -0.609. The van der Waals surface area contributed by atoms with Gasteiger partial charge in [-0.05, 0) is 24.3 Å². The lowest BCUT2D eigenvalue weighted by Crippen LogP contribution is -2.42.